The third kappa shape index (κ3) is 7.97. The lowest BCUT2D eigenvalue weighted by Gasteiger charge is -2.33. The maximum Gasteiger partial charge on any atom is 0.244 e. The van der Waals surface area contributed by atoms with E-state index in [1.165, 1.54) is 4.90 Å². The molecule has 2 amide bonds. The number of halogens is 1. The van der Waals surface area contributed by atoms with E-state index in [9.17, 15) is 18.0 Å². The van der Waals surface area contributed by atoms with Crippen molar-refractivity contribution in [3.63, 3.8) is 0 Å². The fraction of sp³-hybridized carbons (Fsp3) is 0.462. The first kappa shape index (κ1) is 28.7. The van der Waals surface area contributed by atoms with Gasteiger partial charge in [0.15, 0.2) is 0 Å². The second-order valence-corrected chi connectivity index (χ2v) is 11.0. The highest BCUT2D eigenvalue weighted by Crippen LogP contribution is 2.24. The van der Waals surface area contributed by atoms with Gasteiger partial charge in [-0.15, -0.1) is 0 Å². The molecule has 0 aliphatic rings. The predicted molar refractivity (Wildman–Crippen MR) is 142 cm³/mol. The van der Waals surface area contributed by atoms with Crippen molar-refractivity contribution in [3.05, 3.63) is 64.7 Å². The molecule has 0 saturated carbocycles. The minimum atomic E-state index is -3.77. The van der Waals surface area contributed by atoms with Crippen molar-refractivity contribution < 1.29 is 18.0 Å². The second kappa shape index (κ2) is 12.9. The summed E-state index contributed by atoms with van der Waals surface area (Å²) in [7, 11) is -3.77. The van der Waals surface area contributed by atoms with Crippen LogP contribution in [-0.2, 0) is 32.6 Å². The van der Waals surface area contributed by atoms with Crippen LogP contribution in [0.5, 0.6) is 0 Å². The number of carbonyl (C=O) groups excluding carboxylic acids is 2. The Bertz CT molecular complexity index is 1110. The lowest BCUT2D eigenvalue weighted by Crippen LogP contribution is -2.53. The average Bonchev–Trinajstić information content (AvgIpc) is 2.82. The molecule has 0 aliphatic carbocycles. The van der Waals surface area contributed by atoms with Crippen LogP contribution in [0.3, 0.4) is 0 Å². The Morgan fingerprint density at radius 2 is 1.63 bits per heavy atom. The smallest absolute Gasteiger partial charge is 0.244 e. The van der Waals surface area contributed by atoms with Gasteiger partial charge >= 0.3 is 0 Å². The monoisotopic (exact) mass is 521 g/mol. The second-order valence-electron chi connectivity index (χ2n) is 8.64. The molecule has 192 valence electrons. The standard InChI is InChI=1S/C26H36ClN3O4S/c1-6-19(4)28-26(32)23(8-3)29(17-20-13-15-22(27)16-14-20)25(31)18-30(35(5,33)34)24-12-10-9-11-21(24)7-2/h9-16,19,23H,6-8,17-18H2,1-5H3,(H,28,32)/t19-,23-/m1/s1. The van der Waals surface area contributed by atoms with Crippen LogP contribution in [-0.4, -0.2) is 50.0 Å². The van der Waals surface area contributed by atoms with Crippen molar-refractivity contribution in [1.29, 1.82) is 0 Å². The van der Waals surface area contributed by atoms with Gasteiger partial charge in [-0.2, -0.15) is 0 Å². The number of nitrogens with zero attached hydrogens (tertiary/aromatic N) is 2. The lowest BCUT2D eigenvalue weighted by molar-refractivity contribution is -0.140. The molecule has 0 radical (unpaired) electrons. The third-order valence-corrected chi connectivity index (χ3v) is 7.35. The van der Waals surface area contributed by atoms with Crippen molar-refractivity contribution >= 4 is 39.1 Å². The summed E-state index contributed by atoms with van der Waals surface area (Å²) >= 11 is 6.02. The van der Waals surface area contributed by atoms with E-state index < -0.39 is 28.5 Å². The van der Waals surface area contributed by atoms with Crippen molar-refractivity contribution in [1.82, 2.24) is 10.2 Å². The molecule has 0 heterocycles. The van der Waals surface area contributed by atoms with Crippen molar-refractivity contribution in [3.8, 4) is 0 Å². The molecule has 35 heavy (non-hydrogen) atoms. The molecule has 0 unspecified atom stereocenters. The summed E-state index contributed by atoms with van der Waals surface area (Å²) in [5.41, 5.74) is 2.07. The molecule has 2 aromatic carbocycles. The molecule has 1 N–H and O–H groups in total. The summed E-state index contributed by atoms with van der Waals surface area (Å²) in [6.45, 7) is 7.39. The maximum atomic E-state index is 13.7. The van der Waals surface area contributed by atoms with Crippen LogP contribution in [0.25, 0.3) is 0 Å². The summed E-state index contributed by atoms with van der Waals surface area (Å²) in [6, 6.07) is 13.4. The zero-order valence-corrected chi connectivity index (χ0v) is 22.7. The van der Waals surface area contributed by atoms with Crippen LogP contribution in [0.15, 0.2) is 48.5 Å². The molecule has 0 spiro atoms. The number of anilines is 1. The molecule has 0 bridgehead atoms. The minimum absolute atomic E-state index is 0.0482. The van der Waals surface area contributed by atoms with Crippen LogP contribution in [0.4, 0.5) is 5.69 Å². The molecule has 7 nitrogen and oxygen atoms in total. The van der Waals surface area contributed by atoms with Crippen molar-refractivity contribution in [2.24, 2.45) is 0 Å². The number of sulfonamides is 1. The molecule has 0 aliphatic heterocycles. The molecule has 0 saturated heterocycles. The highest BCUT2D eigenvalue weighted by molar-refractivity contribution is 7.92. The molecule has 0 fully saturated rings. The van der Waals surface area contributed by atoms with Gasteiger partial charge in [0.1, 0.15) is 12.6 Å². The first-order valence-electron chi connectivity index (χ1n) is 11.9. The van der Waals surface area contributed by atoms with Gasteiger partial charge in [0, 0.05) is 17.6 Å². The quantitative estimate of drug-likeness (QED) is 0.448. The van der Waals surface area contributed by atoms with Crippen LogP contribution < -0.4 is 9.62 Å². The molecule has 0 aromatic heterocycles. The lowest BCUT2D eigenvalue weighted by atomic mass is 10.1. The minimum Gasteiger partial charge on any atom is -0.352 e. The van der Waals surface area contributed by atoms with E-state index in [0.29, 0.717) is 23.6 Å². The van der Waals surface area contributed by atoms with E-state index in [1.54, 1.807) is 36.4 Å². The van der Waals surface area contributed by atoms with E-state index in [4.69, 9.17) is 11.6 Å². The Kier molecular flexibility index (Phi) is 10.6. The Morgan fingerprint density at radius 1 is 1.00 bits per heavy atom. The van der Waals surface area contributed by atoms with E-state index in [0.717, 1.165) is 28.1 Å². The molecule has 2 atom stereocenters. The summed E-state index contributed by atoms with van der Waals surface area (Å²) < 4.78 is 26.7. The zero-order chi connectivity index (χ0) is 26.2. The number of aryl methyl sites for hydroxylation is 1. The van der Waals surface area contributed by atoms with Crippen LogP contribution in [0.1, 0.15) is 51.7 Å². The SMILES string of the molecule is CCc1ccccc1N(CC(=O)N(Cc1ccc(Cl)cc1)[C@H](CC)C(=O)N[C@H](C)CC)S(C)(=O)=O. The number of nitrogens with one attached hydrogen (secondary N) is 1. The molecular formula is C26H36ClN3O4S. The first-order chi connectivity index (χ1) is 16.5. The van der Waals surface area contributed by atoms with E-state index in [1.807, 2.05) is 39.8 Å². The Morgan fingerprint density at radius 3 is 2.17 bits per heavy atom. The Labute approximate surface area is 214 Å². The molecule has 9 heteroatoms. The van der Waals surface area contributed by atoms with Crippen LogP contribution >= 0.6 is 11.6 Å². The topological polar surface area (TPSA) is 86.8 Å². The average molecular weight is 522 g/mol. The van der Waals surface area contributed by atoms with Crippen molar-refractivity contribution in [2.45, 2.75) is 65.6 Å². The number of rotatable bonds is 12. The number of benzene rings is 2. The van der Waals surface area contributed by atoms with E-state index in [-0.39, 0.29) is 18.5 Å². The van der Waals surface area contributed by atoms with Gasteiger partial charge in [-0.3, -0.25) is 13.9 Å². The molecular weight excluding hydrogens is 486 g/mol. The fourth-order valence-electron chi connectivity index (χ4n) is 3.79. The van der Waals surface area contributed by atoms with Gasteiger partial charge < -0.3 is 10.2 Å². The number of para-hydroxylation sites is 1. The highest BCUT2D eigenvalue weighted by atomic mass is 35.5. The van der Waals surface area contributed by atoms with Gasteiger partial charge in [-0.1, -0.05) is 62.7 Å². The normalized spacial score (nSPS) is 13.1. The number of hydrogen-bond donors (Lipinski definition) is 1. The third-order valence-electron chi connectivity index (χ3n) is 5.97. The van der Waals surface area contributed by atoms with Gasteiger partial charge in [0.2, 0.25) is 21.8 Å². The van der Waals surface area contributed by atoms with Gasteiger partial charge in [-0.25, -0.2) is 8.42 Å². The largest absolute Gasteiger partial charge is 0.352 e. The first-order valence-corrected chi connectivity index (χ1v) is 14.1. The van der Waals surface area contributed by atoms with E-state index >= 15 is 0 Å². The Balaban J connectivity index is 2.46. The van der Waals surface area contributed by atoms with Gasteiger partial charge in [0.25, 0.3) is 0 Å². The molecule has 2 aromatic rings. The maximum absolute atomic E-state index is 13.7. The van der Waals surface area contributed by atoms with Gasteiger partial charge in [0.05, 0.1) is 11.9 Å². The Hall–Kier alpha value is -2.58. The number of hydrogen-bond acceptors (Lipinski definition) is 4. The molecule has 2 rings (SSSR count). The highest BCUT2D eigenvalue weighted by Gasteiger charge is 2.32. The summed E-state index contributed by atoms with van der Waals surface area (Å²) in [6.07, 6.45) is 2.83. The number of amides is 2. The van der Waals surface area contributed by atoms with Gasteiger partial charge in [-0.05, 0) is 55.5 Å². The predicted octanol–water partition coefficient (Wildman–Crippen LogP) is 4.39. The summed E-state index contributed by atoms with van der Waals surface area (Å²) in [5, 5.41) is 3.52. The van der Waals surface area contributed by atoms with Crippen LogP contribution in [0.2, 0.25) is 5.02 Å². The van der Waals surface area contributed by atoms with Crippen molar-refractivity contribution in [2.75, 3.05) is 17.1 Å². The summed E-state index contributed by atoms with van der Waals surface area (Å²) in [4.78, 5) is 28.3. The summed E-state index contributed by atoms with van der Waals surface area (Å²) in [5.74, 6) is -0.716. The fourth-order valence-corrected chi connectivity index (χ4v) is 4.80. The van der Waals surface area contributed by atoms with E-state index in [2.05, 4.69) is 5.32 Å². The number of carbonyl (C=O) groups is 2. The van der Waals surface area contributed by atoms with Crippen LogP contribution in [0, 0.1) is 0 Å². The zero-order valence-electron chi connectivity index (χ0n) is 21.1.